The van der Waals surface area contributed by atoms with Crippen LogP contribution in [0.25, 0.3) is 0 Å². The van der Waals surface area contributed by atoms with Crippen LogP contribution in [0.4, 0.5) is 4.39 Å². The van der Waals surface area contributed by atoms with Gasteiger partial charge in [-0.3, -0.25) is 9.59 Å². The zero-order valence-electron chi connectivity index (χ0n) is 16.9. The van der Waals surface area contributed by atoms with E-state index in [1.807, 2.05) is 23.6 Å². The molecule has 0 N–H and O–H groups in total. The number of carbonyl (C=O) groups excluding carboxylic acids is 2. The van der Waals surface area contributed by atoms with Crippen LogP contribution in [-0.4, -0.2) is 52.9 Å². The third-order valence-electron chi connectivity index (χ3n) is 6.12. The molecule has 4 rings (SSSR count). The lowest BCUT2D eigenvalue weighted by Crippen LogP contribution is -2.51. The SMILES string of the molecule is Cc1noc(C)c1CCC(=O)N1CCN(C(=O)[C@@H]2C[C@@H]2c2ccc(F)cc2)CC1. The summed E-state index contributed by atoms with van der Waals surface area (Å²) in [4.78, 5) is 29.0. The number of amides is 2. The third-order valence-corrected chi connectivity index (χ3v) is 6.12. The highest BCUT2D eigenvalue weighted by molar-refractivity contribution is 5.83. The van der Waals surface area contributed by atoms with Crippen molar-refractivity contribution in [3.05, 3.63) is 52.7 Å². The van der Waals surface area contributed by atoms with Crippen molar-refractivity contribution in [1.82, 2.24) is 15.0 Å². The van der Waals surface area contributed by atoms with Crippen LogP contribution >= 0.6 is 0 Å². The number of carbonyl (C=O) groups is 2. The quantitative estimate of drug-likeness (QED) is 0.776. The second-order valence-electron chi connectivity index (χ2n) is 8.01. The zero-order chi connectivity index (χ0) is 20.5. The summed E-state index contributed by atoms with van der Waals surface area (Å²) in [6, 6.07) is 6.43. The predicted octanol–water partition coefficient (Wildman–Crippen LogP) is 2.84. The molecule has 2 heterocycles. The second kappa shape index (κ2) is 7.97. The molecule has 7 heteroatoms. The van der Waals surface area contributed by atoms with E-state index in [0.29, 0.717) is 39.0 Å². The Kier molecular flexibility index (Phi) is 5.39. The number of benzene rings is 1. The summed E-state index contributed by atoms with van der Waals surface area (Å²) in [6.45, 7) is 6.03. The molecule has 2 aliphatic rings. The van der Waals surface area contributed by atoms with E-state index in [4.69, 9.17) is 4.52 Å². The van der Waals surface area contributed by atoms with Gasteiger partial charge in [0.25, 0.3) is 0 Å². The molecule has 6 nitrogen and oxygen atoms in total. The normalized spacial score (nSPS) is 21.3. The highest BCUT2D eigenvalue weighted by Crippen LogP contribution is 2.48. The Labute approximate surface area is 169 Å². The van der Waals surface area contributed by atoms with Crippen LogP contribution in [0, 0.1) is 25.6 Å². The van der Waals surface area contributed by atoms with E-state index in [9.17, 15) is 14.0 Å². The Morgan fingerprint density at radius 3 is 2.38 bits per heavy atom. The van der Waals surface area contributed by atoms with Crippen molar-refractivity contribution < 1.29 is 18.5 Å². The Morgan fingerprint density at radius 2 is 1.76 bits per heavy atom. The largest absolute Gasteiger partial charge is 0.361 e. The number of nitrogens with zero attached hydrogens (tertiary/aromatic N) is 3. The van der Waals surface area contributed by atoms with Crippen LogP contribution in [0.15, 0.2) is 28.8 Å². The molecule has 1 saturated carbocycles. The van der Waals surface area contributed by atoms with Crippen molar-refractivity contribution in [2.75, 3.05) is 26.2 Å². The first kappa shape index (κ1) is 19.6. The third kappa shape index (κ3) is 4.18. The highest BCUT2D eigenvalue weighted by Gasteiger charge is 2.46. The molecule has 154 valence electrons. The number of halogens is 1. The van der Waals surface area contributed by atoms with E-state index in [1.165, 1.54) is 12.1 Å². The predicted molar refractivity (Wildman–Crippen MR) is 105 cm³/mol. The number of rotatable bonds is 5. The van der Waals surface area contributed by atoms with Crippen LogP contribution in [-0.2, 0) is 16.0 Å². The molecule has 1 saturated heterocycles. The van der Waals surface area contributed by atoms with Crippen LogP contribution in [0.2, 0.25) is 0 Å². The summed E-state index contributed by atoms with van der Waals surface area (Å²) >= 11 is 0. The summed E-state index contributed by atoms with van der Waals surface area (Å²) in [5.41, 5.74) is 2.87. The van der Waals surface area contributed by atoms with E-state index in [2.05, 4.69) is 5.16 Å². The van der Waals surface area contributed by atoms with Crippen molar-refractivity contribution in [1.29, 1.82) is 0 Å². The molecule has 1 aromatic heterocycles. The van der Waals surface area contributed by atoms with Crippen LogP contribution < -0.4 is 0 Å². The molecule has 2 amide bonds. The number of piperazine rings is 1. The lowest BCUT2D eigenvalue weighted by molar-refractivity contribution is -0.140. The van der Waals surface area contributed by atoms with Gasteiger partial charge in [-0.25, -0.2) is 4.39 Å². The molecule has 1 aliphatic carbocycles. The van der Waals surface area contributed by atoms with Gasteiger partial charge >= 0.3 is 0 Å². The fraction of sp³-hybridized carbons (Fsp3) is 0.500. The molecule has 0 unspecified atom stereocenters. The van der Waals surface area contributed by atoms with Gasteiger partial charge in [0.15, 0.2) is 0 Å². The van der Waals surface area contributed by atoms with Gasteiger partial charge in [0, 0.05) is 44.1 Å². The topological polar surface area (TPSA) is 66.7 Å². The Hall–Kier alpha value is -2.70. The van der Waals surface area contributed by atoms with E-state index < -0.39 is 0 Å². The molecule has 0 spiro atoms. The molecule has 0 radical (unpaired) electrons. The first-order chi connectivity index (χ1) is 13.9. The van der Waals surface area contributed by atoms with Crippen LogP contribution in [0.1, 0.15) is 41.3 Å². The van der Waals surface area contributed by atoms with Gasteiger partial charge in [-0.1, -0.05) is 17.3 Å². The molecular formula is C22H26FN3O3. The van der Waals surface area contributed by atoms with Crippen molar-refractivity contribution >= 4 is 11.8 Å². The number of hydrogen-bond acceptors (Lipinski definition) is 4. The summed E-state index contributed by atoms with van der Waals surface area (Å²) in [5.74, 6) is 0.952. The van der Waals surface area contributed by atoms with Gasteiger partial charge in [0.05, 0.1) is 5.69 Å². The van der Waals surface area contributed by atoms with Gasteiger partial charge in [0.2, 0.25) is 11.8 Å². The Morgan fingerprint density at radius 1 is 1.10 bits per heavy atom. The average Bonchev–Trinajstić information content (AvgIpc) is 3.46. The van der Waals surface area contributed by atoms with Gasteiger partial charge < -0.3 is 14.3 Å². The molecule has 2 fully saturated rings. The van der Waals surface area contributed by atoms with Gasteiger partial charge in [-0.05, 0) is 50.3 Å². The maximum absolute atomic E-state index is 13.1. The fourth-order valence-corrected chi connectivity index (χ4v) is 4.21. The smallest absolute Gasteiger partial charge is 0.226 e. The minimum Gasteiger partial charge on any atom is -0.361 e. The van der Waals surface area contributed by atoms with E-state index in [-0.39, 0.29) is 29.5 Å². The lowest BCUT2D eigenvalue weighted by Gasteiger charge is -2.35. The maximum atomic E-state index is 13.1. The van der Waals surface area contributed by atoms with Crippen LogP contribution in [0.3, 0.4) is 0 Å². The molecule has 2 atom stereocenters. The minimum absolute atomic E-state index is 0.0118. The lowest BCUT2D eigenvalue weighted by atomic mass is 10.1. The number of aromatic nitrogens is 1. The zero-order valence-corrected chi connectivity index (χ0v) is 16.9. The van der Waals surface area contributed by atoms with Crippen molar-refractivity contribution in [2.45, 2.75) is 39.0 Å². The van der Waals surface area contributed by atoms with Gasteiger partial charge in [0.1, 0.15) is 11.6 Å². The highest BCUT2D eigenvalue weighted by atomic mass is 19.1. The molecule has 1 aliphatic heterocycles. The standard InChI is InChI=1S/C22H26FN3O3/c1-14-18(15(2)29-24-14)7-8-21(27)25-9-11-26(12-10-25)22(28)20-13-19(20)16-3-5-17(23)6-4-16/h3-6,19-20H,7-13H2,1-2H3/t19-,20-/m1/s1. The molecule has 29 heavy (non-hydrogen) atoms. The van der Waals surface area contributed by atoms with Crippen molar-refractivity contribution in [2.24, 2.45) is 5.92 Å². The maximum Gasteiger partial charge on any atom is 0.226 e. The number of hydrogen-bond donors (Lipinski definition) is 0. The van der Waals surface area contributed by atoms with Crippen LogP contribution in [0.5, 0.6) is 0 Å². The van der Waals surface area contributed by atoms with E-state index in [1.54, 1.807) is 12.1 Å². The van der Waals surface area contributed by atoms with Gasteiger partial charge in [-0.15, -0.1) is 0 Å². The number of aryl methyl sites for hydroxylation is 2. The Bertz CT molecular complexity index is 881. The molecule has 2 aromatic rings. The fourth-order valence-electron chi connectivity index (χ4n) is 4.21. The first-order valence-electron chi connectivity index (χ1n) is 10.2. The van der Waals surface area contributed by atoms with Crippen molar-refractivity contribution in [3.63, 3.8) is 0 Å². The summed E-state index contributed by atoms with van der Waals surface area (Å²) in [7, 11) is 0. The van der Waals surface area contributed by atoms with Gasteiger partial charge in [-0.2, -0.15) is 0 Å². The molecule has 1 aromatic carbocycles. The van der Waals surface area contributed by atoms with Crippen molar-refractivity contribution in [3.8, 4) is 0 Å². The van der Waals surface area contributed by atoms with E-state index in [0.717, 1.165) is 29.0 Å². The molecular weight excluding hydrogens is 373 g/mol. The molecule has 0 bridgehead atoms. The first-order valence-corrected chi connectivity index (χ1v) is 10.2. The Balaban J connectivity index is 1.24. The summed E-state index contributed by atoms with van der Waals surface area (Å²) in [5, 5.41) is 3.93. The minimum atomic E-state index is -0.257. The van der Waals surface area contributed by atoms with E-state index >= 15 is 0 Å². The summed E-state index contributed by atoms with van der Waals surface area (Å²) in [6.07, 6.45) is 1.87. The average molecular weight is 399 g/mol. The second-order valence-corrected chi connectivity index (χ2v) is 8.01. The summed E-state index contributed by atoms with van der Waals surface area (Å²) < 4.78 is 18.2. The monoisotopic (exact) mass is 399 g/mol.